The molecule has 0 bridgehead atoms. The van der Waals surface area contributed by atoms with E-state index in [4.69, 9.17) is 14.2 Å². The summed E-state index contributed by atoms with van der Waals surface area (Å²) in [5.41, 5.74) is 3.53. The Balaban J connectivity index is 1.62. The highest BCUT2D eigenvalue weighted by Crippen LogP contribution is 2.29. The summed E-state index contributed by atoms with van der Waals surface area (Å²) < 4.78 is 17.0. The quantitative estimate of drug-likeness (QED) is 0.146. The summed E-state index contributed by atoms with van der Waals surface area (Å²) in [4.78, 5) is 36.5. The van der Waals surface area contributed by atoms with Crippen molar-refractivity contribution in [3.8, 4) is 17.2 Å². The molecule has 0 saturated heterocycles. The topological polar surface area (TPSA) is 115 Å². The van der Waals surface area contributed by atoms with Crippen molar-refractivity contribution >= 4 is 45.6 Å². The number of methoxy groups -OCH3 is 1. The first-order chi connectivity index (χ1) is 16.9. The number of ether oxygens (including phenoxy) is 3. The van der Waals surface area contributed by atoms with Gasteiger partial charge >= 0.3 is 17.8 Å². The SMILES string of the molecule is CCOc1cc(/C=N\NC(=O)C(=O)Nc2ccc(Br)cc2)ccc1OC(=O)c1ccc(OC)cc1. The first-order valence-corrected chi connectivity index (χ1v) is 11.2. The van der Waals surface area contributed by atoms with E-state index in [9.17, 15) is 14.4 Å². The number of esters is 1. The van der Waals surface area contributed by atoms with E-state index >= 15 is 0 Å². The van der Waals surface area contributed by atoms with E-state index in [0.29, 0.717) is 34.9 Å². The number of hydrogen-bond acceptors (Lipinski definition) is 7. The molecule has 0 spiro atoms. The van der Waals surface area contributed by atoms with Crippen molar-refractivity contribution in [1.29, 1.82) is 0 Å². The Morgan fingerprint density at radius 1 is 0.943 bits per heavy atom. The van der Waals surface area contributed by atoms with Crippen LogP contribution in [0.3, 0.4) is 0 Å². The highest BCUT2D eigenvalue weighted by Gasteiger charge is 2.15. The Morgan fingerprint density at radius 3 is 2.31 bits per heavy atom. The number of anilines is 1. The molecule has 0 aliphatic carbocycles. The minimum absolute atomic E-state index is 0.225. The molecular formula is C25H22BrN3O6. The molecule has 3 aromatic rings. The van der Waals surface area contributed by atoms with Crippen molar-refractivity contribution in [3.63, 3.8) is 0 Å². The monoisotopic (exact) mass is 539 g/mol. The van der Waals surface area contributed by atoms with Crippen LogP contribution < -0.4 is 25.0 Å². The zero-order valence-electron chi connectivity index (χ0n) is 18.9. The second kappa shape index (κ2) is 12.3. The van der Waals surface area contributed by atoms with Gasteiger partial charge in [0.2, 0.25) is 0 Å². The molecule has 0 aliphatic rings. The van der Waals surface area contributed by atoms with Gasteiger partial charge in [0.15, 0.2) is 11.5 Å². The van der Waals surface area contributed by atoms with Crippen molar-refractivity contribution < 1.29 is 28.6 Å². The fraction of sp³-hybridized carbons (Fsp3) is 0.120. The number of hydrazone groups is 1. The van der Waals surface area contributed by atoms with E-state index in [1.165, 1.54) is 13.3 Å². The van der Waals surface area contributed by atoms with Gasteiger partial charge < -0.3 is 19.5 Å². The zero-order valence-corrected chi connectivity index (χ0v) is 20.5. The van der Waals surface area contributed by atoms with E-state index < -0.39 is 17.8 Å². The number of halogens is 1. The maximum Gasteiger partial charge on any atom is 0.343 e. The van der Waals surface area contributed by atoms with Gasteiger partial charge in [0.25, 0.3) is 0 Å². The number of hydrogen-bond donors (Lipinski definition) is 2. The molecule has 0 fully saturated rings. The summed E-state index contributed by atoms with van der Waals surface area (Å²) in [5.74, 6) is -1.18. The molecule has 0 radical (unpaired) electrons. The molecule has 2 amide bonds. The summed E-state index contributed by atoms with van der Waals surface area (Å²) in [7, 11) is 1.54. The molecule has 3 rings (SSSR count). The molecule has 0 aromatic heterocycles. The molecule has 10 heteroatoms. The fourth-order valence-electron chi connectivity index (χ4n) is 2.78. The standard InChI is InChI=1S/C25H22BrN3O6/c1-3-34-22-14-16(4-13-21(22)35-25(32)17-5-11-20(33-2)12-6-17)15-27-29-24(31)23(30)28-19-9-7-18(26)8-10-19/h4-15H,3H2,1-2H3,(H,28,30)(H,29,31)/b27-15-. The highest BCUT2D eigenvalue weighted by molar-refractivity contribution is 9.10. The smallest absolute Gasteiger partial charge is 0.343 e. The number of rotatable bonds is 8. The molecule has 0 heterocycles. The minimum Gasteiger partial charge on any atom is -0.497 e. The normalized spacial score (nSPS) is 10.5. The number of nitrogens with one attached hydrogen (secondary N) is 2. The molecule has 0 unspecified atom stereocenters. The molecule has 0 saturated carbocycles. The maximum absolute atomic E-state index is 12.5. The van der Waals surface area contributed by atoms with E-state index in [1.807, 2.05) is 0 Å². The molecule has 35 heavy (non-hydrogen) atoms. The average Bonchev–Trinajstić information content (AvgIpc) is 2.87. The predicted molar refractivity (Wildman–Crippen MR) is 134 cm³/mol. The molecule has 0 atom stereocenters. The van der Waals surface area contributed by atoms with Crippen molar-refractivity contribution in [1.82, 2.24) is 5.43 Å². The van der Waals surface area contributed by atoms with Crippen molar-refractivity contribution in [2.75, 3.05) is 19.0 Å². The maximum atomic E-state index is 12.5. The third-order valence-electron chi connectivity index (χ3n) is 4.48. The molecular weight excluding hydrogens is 518 g/mol. The molecule has 2 N–H and O–H groups in total. The lowest BCUT2D eigenvalue weighted by Gasteiger charge is -2.11. The lowest BCUT2D eigenvalue weighted by atomic mass is 10.2. The highest BCUT2D eigenvalue weighted by atomic mass is 79.9. The van der Waals surface area contributed by atoms with Gasteiger partial charge in [-0.1, -0.05) is 15.9 Å². The van der Waals surface area contributed by atoms with Crippen LogP contribution in [-0.4, -0.2) is 37.7 Å². The molecule has 9 nitrogen and oxygen atoms in total. The summed E-state index contributed by atoms with van der Waals surface area (Å²) in [6.45, 7) is 2.13. The number of benzene rings is 3. The Bertz CT molecular complexity index is 1230. The van der Waals surface area contributed by atoms with Gasteiger partial charge in [-0.25, -0.2) is 10.2 Å². The van der Waals surface area contributed by atoms with Crippen LogP contribution in [-0.2, 0) is 9.59 Å². The summed E-state index contributed by atoms with van der Waals surface area (Å²) in [6.07, 6.45) is 1.34. The lowest BCUT2D eigenvalue weighted by molar-refractivity contribution is -0.136. The van der Waals surface area contributed by atoms with Gasteiger partial charge in [-0.3, -0.25) is 9.59 Å². The number of carbonyl (C=O) groups excluding carboxylic acids is 3. The van der Waals surface area contributed by atoms with Gasteiger partial charge in [0.1, 0.15) is 5.75 Å². The summed E-state index contributed by atoms with van der Waals surface area (Å²) in [5, 5.41) is 6.27. The largest absolute Gasteiger partial charge is 0.497 e. The van der Waals surface area contributed by atoms with E-state index in [2.05, 4.69) is 31.8 Å². The Labute approximate surface area is 210 Å². The second-order valence-electron chi connectivity index (χ2n) is 6.92. The van der Waals surface area contributed by atoms with Crippen LogP contribution in [0.25, 0.3) is 0 Å². The van der Waals surface area contributed by atoms with E-state index in [1.54, 1.807) is 73.7 Å². The van der Waals surface area contributed by atoms with Gasteiger partial charge in [-0.15, -0.1) is 0 Å². The minimum atomic E-state index is -0.931. The Kier molecular flexibility index (Phi) is 8.96. The Hall–Kier alpha value is -4.18. The van der Waals surface area contributed by atoms with Crippen LogP contribution in [0.15, 0.2) is 76.3 Å². The van der Waals surface area contributed by atoms with Crippen LogP contribution in [0, 0.1) is 0 Å². The molecule has 180 valence electrons. The lowest BCUT2D eigenvalue weighted by Crippen LogP contribution is -2.32. The molecule has 3 aromatic carbocycles. The van der Waals surface area contributed by atoms with Crippen molar-refractivity contribution in [3.05, 3.63) is 82.3 Å². The van der Waals surface area contributed by atoms with Gasteiger partial charge in [0, 0.05) is 10.2 Å². The van der Waals surface area contributed by atoms with Crippen LogP contribution in [0.5, 0.6) is 17.2 Å². The number of nitrogens with zero attached hydrogens (tertiary/aromatic N) is 1. The average molecular weight is 540 g/mol. The van der Waals surface area contributed by atoms with Gasteiger partial charge in [-0.05, 0) is 79.2 Å². The summed E-state index contributed by atoms with van der Waals surface area (Å²) in [6, 6.07) is 18.0. The predicted octanol–water partition coefficient (Wildman–Crippen LogP) is 4.16. The van der Waals surface area contributed by atoms with Crippen LogP contribution in [0.2, 0.25) is 0 Å². The molecule has 0 aliphatic heterocycles. The first-order valence-electron chi connectivity index (χ1n) is 10.4. The van der Waals surface area contributed by atoms with Crippen molar-refractivity contribution in [2.45, 2.75) is 6.92 Å². The Morgan fingerprint density at radius 2 is 1.66 bits per heavy atom. The third kappa shape index (κ3) is 7.41. The van der Waals surface area contributed by atoms with Crippen molar-refractivity contribution in [2.24, 2.45) is 5.10 Å². The zero-order chi connectivity index (χ0) is 25.2. The van der Waals surface area contributed by atoms with Crippen LogP contribution in [0.4, 0.5) is 5.69 Å². The van der Waals surface area contributed by atoms with Crippen LogP contribution in [0.1, 0.15) is 22.8 Å². The van der Waals surface area contributed by atoms with E-state index in [-0.39, 0.29) is 5.75 Å². The fourth-order valence-corrected chi connectivity index (χ4v) is 3.05. The second-order valence-corrected chi connectivity index (χ2v) is 7.83. The van der Waals surface area contributed by atoms with Gasteiger partial charge in [0.05, 0.1) is 25.5 Å². The van der Waals surface area contributed by atoms with Crippen LogP contribution >= 0.6 is 15.9 Å². The summed E-state index contributed by atoms with van der Waals surface area (Å²) >= 11 is 3.29. The third-order valence-corrected chi connectivity index (χ3v) is 5.01. The number of amides is 2. The van der Waals surface area contributed by atoms with E-state index in [0.717, 1.165) is 4.47 Å². The van der Waals surface area contributed by atoms with Gasteiger partial charge in [-0.2, -0.15) is 5.10 Å². The number of carbonyl (C=O) groups is 3. The first kappa shape index (κ1) is 25.4.